The van der Waals surface area contributed by atoms with Gasteiger partial charge in [0.25, 0.3) is 5.69 Å². The van der Waals surface area contributed by atoms with Gasteiger partial charge < -0.3 is 14.4 Å². The van der Waals surface area contributed by atoms with Crippen molar-refractivity contribution in [2.45, 2.75) is 32.9 Å². The Morgan fingerprint density at radius 1 is 1.04 bits per heavy atom. The van der Waals surface area contributed by atoms with Crippen LogP contribution in [0.3, 0.4) is 0 Å². The molecule has 0 amide bonds. The van der Waals surface area contributed by atoms with E-state index in [9.17, 15) is 36.9 Å². The van der Waals surface area contributed by atoms with Crippen LogP contribution in [-0.4, -0.2) is 72.8 Å². The fourth-order valence-corrected chi connectivity index (χ4v) is 7.35. The molecule has 1 aliphatic heterocycles. The van der Waals surface area contributed by atoms with Crippen molar-refractivity contribution < 1.29 is 36.4 Å². The zero-order valence-corrected chi connectivity index (χ0v) is 26.9. The Hall–Kier alpha value is -4.44. The zero-order valence-electron chi connectivity index (χ0n) is 26.1. The Morgan fingerprint density at radius 2 is 1.66 bits per heavy atom. The van der Waals surface area contributed by atoms with Crippen LogP contribution in [0.15, 0.2) is 53.5 Å². The van der Waals surface area contributed by atoms with Gasteiger partial charge in [-0.15, -0.1) is 0 Å². The maximum atomic E-state index is 14.0. The van der Waals surface area contributed by atoms with Gasteiger partial charge in [-0.2, -0.15) is 14.1 Å². The SMILES string of the molecule is CCC(=O)OC[C@@H]1[C@@H](COc2c(N3CCN(S(=O)(=O)Cc4ccc([N+](=O)[O-])cc4)CC3)cnn(-c3cc(F)cc(F)c3)c2=O)C1(C)C. The predicted molar refractivity (Wildman–Crippen MR) is 167 cm³/mol. The molecule has 252 valence electrons. The third-order valence-electron chi connectivity index (χ3n) is 8.88. The molecular weight excluding hydrogens is 640 g/mol. The van der Waals surface area contributed by atoms with Crippen LogP contribution in [0.2, 0.25) is 0 Å². The Morgan fingerprint density at radius 3 is 2.26 bits per heavy atom. The minimum absolute atomic E-state index is 0.00710. The summed E-state index contributed by atoms with van der Waals surface area (Å²) in [5, 5.41) is 15.1. The molecule has 1 aromatic heterocycles. The number of nitro groups is 1. The van der Waals surface area contributed by atoms with Crippen LogP contribution in [0.5, 0.6) is 5.75 Å². The number of rotatable bonds is 12. The van der Waals surface area contributed by atoms with Crippen molar-refractivity contribution in [2.75, 3.05) is 44.3 Å². The lowest BCUT2D eigenvalue weighted by Gasteiger charge is -2.35. The maximum absolute atomic E-state index is 14.0. The first-order chi connectivity index (χ1) is 22.2. The quantitative estimate of drug-likeness (QED) is 0.158. The van der Waals surface area contributed by atoms with E-state index in [4.69, 9.17) is 9.47 Å². The molecule has 2 heterocycles. The number of sulfonamides is 1. The summed E-state index contributed by atoms with van der Waals surface area (Å²) in [6, 6.07) is 7.92. The monoisotopic (exact) mass is 675 g/mol. The van der Waals surface area contributed by atoms with Gasteiger partial charge in [0.1, 0.15) is 17.3 Å². The molecule has 5 rings (SSSR count). The number of carbonyl (C=O) groups is 1. The number of hydrogen-bond acceptors (Lipinski definition) is 10. The van der Waals surface area contributed by atoms with Crippen LogP contribution in [-0.2, 0) is 25.3 Å². The molecule has 47 heavy (non-hydrogen) atoms. The van der Waals surface area contributed by atoms with E-state index in [0.717, 1.165) is 16.8 Å². The average Bonchev–Trinajstić information content (AvgIpc) is 3.56. The number of carbonyl (C=O) groups excluding carboxylic acids is 1. The molecule has 2 atom stereocenters. The average molecular weight is 676 g/mol. The Kier molecular flexibility index (Phi) is 9.63. The van der Waals surface area contributed by atoms with Crippen molar-refractivity contribution in [3.05, 3.63) is 86.3 Å². The van der Waals surface area contributed by atoms with E-state index in [1.807, 2.05) is 13.8 Å². The molecule has 0 spiro atoms. The third kappa shape index (κ3) is 7.43. The highest BCUT2D eigenvalue weighted by molar-refractivity contribution is 7.88. The second-order valence-corrected chi connectivity index (χ2v) is 14.1. The van der Waals surface area contributed by atoms with E-state index in [1.165, 1.54) is 34.8 Å². The van der Waals surface area contributed by atoms with Crippen LogP contribution < -0.4 is 15.2 Å². The van der Waals surface area contributed by atoms with Crippen molar-refractivity contribution in [2.24, 2.45) is 17.3 Å². The van der Waals surface area contributed by atoms with Crippen LogP contribution >= 0.6 is 0 Å². The van der Waals surface area contributed by atoms with Gasteiger partial charge in [-0.05, 0) is 23.1 Å². The molecule has 0 N–H and O–H groups in total. The number of nitrogens with zero attached hydrogens (tertiary/aromatic N) is 5. The van der Waals surface area contributed by atoms with Crippen molar-refractivity contribution in [3.8, 4) is 11.4 Å². The number of anilines is 1. The number of halogens is 2. The first-order valence-electron chi connectivity index (χ1n) is 15.0. The van der Waals surface area contributed by atoms with Crippen molar-refractivity contribution in [3.63, 3.8) is 0 Å². The van der Waals surface area contributed by atoms with Gasteiger partial charge in [0, 0.05) is 62.6 Å². The molecule has 1 saturated carbocycles. The molecule has 0 unspecified atom stereocenters. The first-order valence-corrected chi connectivity index (χ1v) is 16.7. The van der Waals surface area contributed by atoms with Gasteiger partial charge in [0.05, 0.1) is 35.8 Å². The minimum atomic E-state index is -3.77. The van der Waals surface area contributed by atoms with Gasteiger partial charge in [0.15, 0.2) is 0 Å². The summed E-state index contributed by atoms with van der Waals surface area (Å²) < 4.78 is 68.1. The van der Waals surface area contributed by atoms with Crippen molar-refractivity contribution >= 4 is 27.4 Å². The van der Waals surface area contributed by atoms with E-state index in [-0.39, 0.29) is 91.9 Å². The van der Waals surface area contributed by atoms with Crippen molar-refractivity contribution in [1.29, 1.82) is 0 Å². The summed E-state index contributed by atoms with van der Waals surface area (Å²) in [6.45, 7) is 6.53. The number of benzene rings is 2. The zero-order chi connectivity index (χ0) is 34.1. The van der Waals surface area contributed by atoms with Crippen molar-refractivity contribution in [1.82, 2.24) is 14.1 Å². The number of hydrogen-bond donors (Lipinski definition) is 0. The van der Waals surface area contributed by atoms with Crippen LogP contribution in [0, 0.1) is 39.0 Å². The summed E-state index contributed by atoms with van der Waals surface area (Å²) >= 11 is 0. The summed E-state index contributed by atoms with van der Waals surface area (Å²) in [5.74, 6) is -2.62. The van der Waals surface area contributed by atoms with Gasteiger partial charge >= 0.3 is 11.5 Å². The molecule has 13 nitrogen and oxygen atoms in total. The highest BCUT2D eigenvalue weighted by Crippen LogP contribution is 2.58. The highest BCUT2D eigenvalue weighted by Gasteiger charge is 2.58. The summed E-state index contributed by atoms with van der Waals surface area (Å²) in [5.41, 5.74) is -0.578. The van der Waals surface area contributed by atoms with Gasteiger partial charge in [-0.25, -0.2) is 17.2 Å². The summed E-state index contributed by atoms with van der Waals surface area (Å²) in [6.07, 6.45) is 1.60. The molecule has 2 aromatic carbocycles. The van der Waals surface area contributed by atoms with Gasteiger partial charge in [0.2, 0.25) is 15.8 Å². The maximum Gasteiger partial charge on any atom is 0.316 e. The molecule has 1 aliphatic carbocycles. The van der Waals surface area contributed by atoms with Crippen LogP contribution in [0.4, 0.5) is 20.2 Å². The molecule has 2 fully saturated rings. The Labute approximate surface area is 269 Å². The highest BCUT2D eigenvalue weighted by atomic mass is 32.2. The number of ether oxygens (including phenoxy) is 2. The summed E-state index contributed by atoms with van der Waals surface area (Å²) in [7, 11) is -3.77. The lowest BCUT2D eigenvalue weighted by atomic mass is 10.1. The lowest BCUT2D eigenvalue weighted by Crippen LogP contribution is -2.49. The topological polar surface area (TPSA) is 154 Å². The molecular formula is C31H35F2N5O8S. The smallest absolute Gasteiger partial charge is 0.316 e. The van der Waals surface area contributed by atoms with E-state index in [0.29, 0.717) is 17.3 Å². The lowest BCUT2D eigenvalue weighted by molar-refractivity contribution is -0.384. The normalized spacial score (nSPS) is 19.3. The number of non-ortho nitro benzene ring substituents is 1. The second kappa shape index (κ2) is 13.4. The number of esters is 1. The molecule has 2 aliphatic rings. The minimum Gasteiger partial charge on any atom is -0.486 e. The van der Waals surface area contributed by atoms with E-state index >= 15 is 0 Å². The summed E-state index contributed by atoms with van der Waals surface area (Å²) in [4.78, 5) is 37.6. The largest absolute Gasteiger partial charge is 0.486 e. The Balaban J connectivity index is 1.35. The predicted octanol–water partition coefficient (Wildman–Crippen LogP) is 3.68. The molecule has 1 saturated heterocycles. The van der Waals surface area contributed by atoms with Crippen LogP contribution in [0.1, 0.15) is 32.8 Å². The van der Waals surface area contributed by atoms with E-state index in [2.05, 4.69) is 5.10 Å². The molecule has 0 radical (unpaired) electrons. The number of nitro benzene ring substituents is 1. The number of piperazine rings is 1. The molecule has 0 bridgehead atoms. The molecule has 3 aromatic rings. The number of aromatic nitrogens is 2. The standard InChI is InChI=1S/C31H35F2N5O8S/c1-4-28(39)45-17-25-26(31(25,2)3)18-46-29-27(16-34-37(30(29)40)24-14-21(32)13-22(33)15-24)35-9-11-36(12-10-35)47(43,44)19-20-5-7-23(8-6-20)38(41)42/h5-8,13-16,25-26H,4,9-12,17-19H2,1-3H3/t25-,26-/m1/s1. The second-order valence-electron chi connectivity index (χ2n) is 12.2. The third-order valence-corrected chi connectivity index (χ3v) is 10.7. The fraction of sp³-hybridized carbons (Fsp3) is 0.452. The van der Waals surface area contributed by atoms with Gasteiger partial charge in [-0.3, -0.25) is 19.7 Å². The van der Waals surface area contributed by atoms with Crippen LogP contribution in [0.25, 0.3) is 5.69 Å². The molecule has 16 heteroatoms. The van der Waals surface area contributed by atoms with E-state index < -0.39 is 32.1 Å². The fourth-order valence-electron chi connectivity index (χ4n) is 5.84. The Bertz CT molecular complexity index is 1810. The van der Waals surface area contributed by atoms with Gasteiger partial charge in [-0.1, -0.05) is 32.9 Å². The van der Waals surface area contributed by atoms with E-state index in [1.54, 1.807) is 11.8 Å². The first kappa shape index (κ1) is 33.9.